The van der Waals surface area contributed by atoms with E-state index in [0.717, 1.165) is 17.4 Å². The number of hydrogen-bond acceptors (Lipinski definition) is 4. The summed E-state index contributed by atoms with van der Waals surface area (Å²) in [6.45, 7) is 8.80. The third-order valence-corrected chi connectivity index (χ3v) is 4.29. The first-order chi connectivity index (χ1) is 11.8. The number of nitrogens with zero attached hydrogens (tertiary/aromatic N) is 1. The second kappa shape index (κ2) is 6.05. The van der Waals surface area contributed by atoms with Gasteiger partial charge in [-0.2, -0.15) is 0 Å². The molecule has 3 rings (SSSR count). The molecule has 1 atom stereocenters. The summed E-state index contributed by atoms with van der Waals surface area (Å²) < 4.78 is 5.51. The molecule has 0 radical (unpaired) electrons. The molecular weight excluding hydrogens is 320 g/mol. The van der Waals surface area contributed by atoms with Crippen molar-refractivity contribution in [3.05, 3.63) is 65.1 Å². The van der Waals surface area contributed by atoms with Crippen LogP contribution < -0.4 is 5.32 Å². The van der Waals surface area contributed by atoms with Crippen LogP contribution in [-0.2, 0) is 4.79 Å². The molecule has 0 spiro atoms. The summed E-state index contributed by atoms with van der Waals surface area (Å²) in [6, 6.07) is 6.04. The van der Waals surface area contributed by atoms with E-state index in [-0.39, 0.29) is 23.3 Å². The maximum absolute atomic E-state index is 12.8. The lowest BCUT2D eigenvalue weighted by Crippen LogP contribution is -2.32. The summed E-state index contributed by atoms with van der Waals surface area (Å²) in [7, 11) is 0. The van der Waals surface area contributed by atoms with Gasteiger partial charge in [0.25, 0.3) is 11.8 Å². The first-order valence-electron chi connectivity index (χ1n) is 7.85. The van der Waals surface area contributed by atoms with E-state index in [9.17, 15) is 14.4 Å². The number of rotatable bonds is 4. The Balaban J connectivity index is 1.95. The quantitative estimate of drug-likeness (QED) is 0.684. The standard InChI is InChI=1S/C19H18N2O4/c1-5-17(22)20-13-6-7-14-16(9-13)19(24)21(18(14)23)11(3)15-8-10(2)25-12(15)4/h5-9,11H,1H2,2-4H3,(H,20,22). The van der Waals surface area contributed by atoms with Crippen LogP contribution in [0.2, 0.25) is 0 Å². The normalized spacial score (nSPS) is 14.4. The molecular formula is C19H18N2O4. The minimum Gasteiger partial charge on any atom is -0.466 e. The third-order valence-electron chi connectivity index (χ3n) is 4.29. The Morgan fingerprint density at radius 3 is 2.48 bits per heavy atom. The Morgan fingerprint density at radius 1 is 1.20 bits per heavy atom. The highest BCUT2D eigenvalue weighted by molar-refractivity contribution is 6.22. The van der Waals surface area contributed by atoms with E-state index < -0.39 is 6.04 Å². The molecule has 6 nitrogen and oxygen atoms in total. The van der Waals surface area contributed by atoms with Crippen LogP contribution in [0.3, 0.4) is 0 Å². The van der Waals surface area contributed by atoms with Crippen LogP contribution in [0.1, 0.15) is 50.8 Å². The minimum atomic E-state index is -0.448. The molecule has 2 heterocycles. The summed E-state index contributed by atoms with van der Waals surface area (Å²) in [4.78, 5) is 38.1. The fourth-order valence-electron chi connectivity index (χ4n) is 3.09. The van der Waals surface area contributed by atoms with Gasteiger partial charge in [-0.15, -0.1) is 0 Å². The van der Waals surface area contributed by atoms with Crippen molar-refractivity contribution in [2.24, 2.45) is 0 Å². The van der Waals surface area contributed by atoms with Gasteiger partial charge in [-0.1, -0.05) is 6.58 Å². The Hall–Kier alpha value is -3.15. The van der Waals surface area contributed by atoms with Gasteiger partial charge in [-0.25, -0.2) is 0 Å². The van der Waals surface area contributed by atoms with Crippen molar-refractivity contribution in [1.29, 1.82) is 0 Å². The van der Waals surface area contributed by atoms with Crippen molar-refractivity contribution >= 4 is 23.4 Å². The number of carbonyl (C=O) groups is 3. The molecule has 1 aromatic carbocycles. The topological polar surface area (TPSA) is 79.6 Å². The Bertz CT molecular complexity index is 910. The van der Waals surface area contributed by atoms with E-state index in [1.54, 1.807) is 26.0 Å². The zero-order chi connectivity index (χ0) is 18.3. The number of imide groups is 1. The largest absolute Gasteiger partial charge is 0.466 e. The van der Waals surface area contributed by atoms with Gasteiger partial charge in [-0.3, -0.25) is 19.3 Å². The van der Waals surface area contributed by atoms with Crippen LogP contribution in [-0.4, -0.2) is 22.6 Å². The summed E-state index contributed by atoms with van der Waals surface area (Å²) in [5.41, 5.74) is 1.84. The predicted octanol–water partition coefficient (Wildman–Crippen LogP) is 3.38. The number of benzene rings is 1. The fraction of sp³-hybridized carbons (Fsp3) is 0.211. The van der Waals surface area contributed by atoms with Crippen LogP contribution in [0.4, 0.5) is 5.69 Å². The molecule has 1 aromatic heterocycles. The van der Waals surface area contributed by atoms with Gasteiger partial charge in [0.05, 0.1) is 17.2 Å². The number of hydrogen-bond donors (Lipinski definition) is 1. The number of nitrogens with one attached hydrogen (secondary N) is 1. The molecule has 0 aliphatic carbocycles. The molecule has 1 unspecified atom stereocenters. The van der Waals surface area contributed by atoms with Crippen LogP contribution >= 0.6 is 0 Å². The van der Waals surface area contributed by atoms with Gasteiger partial charge in [0.1, 0.15) is 11.5 Å². The first kappa shape index (κ1) is 16.7. The summed E-state index contributed by atoms with van der Waals surface area (Å²) >= 11 is 0. The highest BCUT2D eigenvalue weighted by Gasteiger charge is 2.40. The van der Waals surface area contributed by atoms with E-state index in [0.29, 0.717) is 17.0 Å². The van der Waals surface area contributed by atoms with E-state index in [2.05, 4.69) is 11.9 Å². The van der Waals surface area contributed by atoms with E-state index in [1.165, 1.54) is 11.0 Å². The van der Waals surface area contributed by atoms with Gasteiger partial charge >= 0.3 is 0 Å². The van der Waals surface area contributed by atoms with Crippen molar-refractivity contribution in [3.63, 3.8) is 0 Å². The summed E-state index contributed by atoms with van der Waals surface area (Å²) in [5, 5.41) is 2.59. The van der Waals surface area contributed by atoms with Crippen molar-refractivity contribution < 1.29 is 18.8 Å². The molecule has 3 amide bonds. The van der Waals surface area contributed by atoms with Crippen LogP contribution in [0.25, 0.3) is 0 Å². The molecule has 0 saturated carbocycles. The number of carbonyl (C=O) groups excluding carboxylic acids is 3. The monoisotopic (exact) mass is 338 g/mol. The smallest absolute Gasteiger partial charge is 0.262 e. The van der Waals surface area contributed by atoms with Gasteiger partial charge < -0.3 is 9.73 Å². The molecule has 0 saturated heterocycles. The van der Waals surface area contributed by atoms with E-state index in [4.69, 9.17) is 4.42 Å². The van der Waals surface area contributed by atoms with Gasteiger partial charge in [0.2, 0.25) is 5.91 Å². The van der Waals surface area contributed by atoms with Gasteiger partial charge in [-0.05, 0) is 51.1 Å². The zero-order valence-electron chi connectivity index (χ0n) is 14.3. The highest BCUT2D eigenvalue weighted by Crippen LogP contribution is 2.34. The Morgan fingerprint density at radius 2 is 1.88 bits per heavy atom. The second-order valence-corrected chi connectivity index (χ2v) is 5.98. The number of aryl methyl sites for hydroxylation is 2. The van der Waals surface area contributed by atoms with Crippen molar-refractivity contribution in [3.8, 4) is 0 Å². The van der Waals surface area contributed by atoms with Crippen molar-refractivity contribution in [2.75, 3.05) is 5.32 Å². The average Bonchev–Trinajstić information content (AvgIpc) is 3.04. The maximum atomic E-state index is 12.8. The predicted molar refractivity (Wildman–Crippen MR) is 92.4 cm³/mol. The Kier molecular flexibility index (Phi) is 4.04. The molecule has 2 aromatic rings. The van der Waals surface area contributed by atoms with Crippen molar-refractivity contribution in [1.82, 2.24) is 4.90 Å². The first-order valence-corrected chi connectivity index (χ1v) is 7.85. The van der Waals surface area contributed by atoms with E-state index >= 15 is 0 Å². The molecule has 1 aliphatic heterocycles. The van der Waals surface area contributed by atoms with Gasteiger partial charge in [0.15, 0.2) is 0 Å². The zero-order valence-corrected chi connectivity index (χ0v) is 14.3. The molecule has 0 fully saturated rings. The highest BCUT2D eigenvalue weighted by atomic mass is 16.3. The van der Waals surface area contributed by atoms with Crippen LogP contribution in [0.15, 0.2) is 41.3 Å². The van der Waals surface area contributed by atoms with Gasteiger partial charge in [0, 0.05) is 11.3 Å². The number of fused-ring (bicyclic) bond motifs is 1. The average molecular weight is 338 g/mol. The molecule has 25 heavy (non-hydrogen) atoms. The number of amides is 3. The lowest BCUT2D eigenvalue weighted by atomic mass is 10.1. The van der Waals surface area contributed by atoms with Crippen LogP contribution in [0, 0.1) is 13.8 Å². The van der Waals surface area contributed by atoms with Crippen LogP contribution in [0.5, 0.6) is 0 Å². The molecule has 128 valence electrons. The maximum Gasteiger partial charge on any atom is 0.262 e. The van der Waals surface area contributed by atoms with Crippen molar-refractivity contribution in [2.45, 2.75) is 26.8 Å². The second-order valence-electron chi connectivity index (χ2n) is 5.98. The molecule has 6 heteroatoms. The Labute approximate surface area is 145 Å². The minimum absolute atomic E-state index is 0.275. The molecule has 1 aliphatic rings. The summed E-state index contributed by atoms with van der Waals surface area (Å²) in [5.74, 6) is 0.283. The lowest BCUT2D eigenvalue weighted by molar-refractivity contribution is -0.111. The number of furan rings is 1. The SMILES string of the molecule is C=CC(=O)Nc1ccc2c(c1)C(=O)N(C(C)c1cc(C)oc1C)C2=O. The lowest BCUT2D eigenvalue weighted by Gasteiger charge is -2.22. The molecule has 1 N–H and O–H groups in total. The summed E-state index contributed by atoms with van der Waals surface area (Å²) in [6.07, 6.45) is 1.14. The third kappa shape index (κ3) is 2.76. The fourth-order valence-corrected chi connectivity index (χ4v) is 3.09. The number of anilines is 1. The molecule has 0 bridgehead atoms. The van der Waals surface area contributed by atoms with E-state index in [1.807, 2.05) is 13.0 Å².